The third-order valence-corrected chi connectivity index (χ3v) is 5.63. The van der Waals surface area contributed by atoms with E-state index < -0.39 is 0 Å². The summed E-state index contributed by atoms with van der Waals surface area (Å²) in [5.41, 5.74) is 3.77. The van der Waals surface area contributed by atoms with Crippen LogP contribution in [0.2, 0.25) is 5.02 Å². The van der Waals surface area contributed by atoms with E-state index in [2.05, 4.69) is 34.1 Å². The van der Waals surface area contributed by atoms with E-state index in [1.54, 1.807) is 12.4 Å². The average Bonchev–Trinajstić information content (AvgIpc) is 3.19. The fourth-order valence-electron chi connectivity index (χ4n) is 3.97. The van der Waals surface area contributed by atoms with Gasteiger partial charge in [0, 0.05) is 56.6 Å². The van der Waals surface area contributed by atoms with Crippen molar-refractivity contribution in [2.75, 3.05) is 24.5 Å². The average molecular weight is 356 g/mol. The number of likely N-dealkylation sites (tertiary alicyclic amines) is 1. The molecule has 1 aromatic heterocycles. The van der Waals surface area contributed by atoms with Gasteiger partial charge < -0.3 is 9.80 Å². The molecule has 4 nitrogen and oxygen atoms in total. The molecule has 25 heavy (non-hydrogen) atoms. The molecule has 0 bridgehead atoms. The van der Waals surface area contributed by atoms with Crippen molar-refractivity contribution >= 4 is 23.2 Å². The van der Waals surface area contributed by atoms with E-state index in [1.807, 2.05) is 11.0 Å². The quantitative estimate of drug-likeness (QED) is 0.817. The SMILES string of the molecule is O=C1CCCN1CC[C@@H]1CN(Cc2ccncc2Cl)c2ccccc21. The first-order chi connectivity index (χ1) is 12.2. The summed E-state index contributed by atoms with van der Waals surface area (Å²) in [6.45, 7) is 3.54. The minimum atomic E-state index is 0.312. The minimum Gasteiger partial charge on any atom is -0.366 e. The number of hydrogen-bond acceptors (Lipinski definition) is 3. The summed E-state index contributed by atoms with van der Waals surface area (Å²) < 4.78 is 0. The van der Waals surface area contributed by atoms with Crippen LogP contribution in [0.5, 0.6) is 0 Å². The Labute approximate surface area is 153 Å². The first-order valence-corrected chi connectivity index (χ1v) is 9.30. The highest BCUT2D eigenvalue weighted by Gasteiger charge is 2.30. The highest BCUT2D eigenvalue weighted by molar-refractivity contribution is 6.31. The van der Waals surface area contributed by atoms with Crippen molar-refractivity contribution in [3.63, 3.8) is 0 Å². The normalized spacial score (nSPS) is 19.6. The second kappa shape index (κ2) is 7.04. The summed E-state index contributed by atoms with van der Waals surface area (Å²) in [5.74, 6) is 0.775. The number of hydrogen-bond donors (Lipinski definition) is 0. The Balaban J connectivity index is 1.49. The van der Waals surface area contributed by atoms with Crippen molar-refractivity contribution in [1.82, 2.24) is 9.88 Å². The molecule has 2 aliphatic heterocycles. The fourth-order valence-corrected chi connectivity index (χ4v) is 4.15. The Bertz CT molecular complexity index is 779. The van der Waals surface area contributed by atoms with Gasteiger partial charge in [0.2, 0.25) is 5.91 Å². The largest absolute Gasteiger partial charge is 0.366 e. The second-order valence-corrected chi connectivity index (χ2v) is 7.28. The Hall–Kier alpha value is -2.07. The van der Waals surface area contributed by atoms with Crippen LogP contribution in [0.25, 0.3) is 0 Å². The van der Waals surface area contributed by atoms with Crippen LogP contribution >= 0.6 is 11.6 Å². The summed E-state index contributed by atoms with van der Waals surface area (Å²) in [6, 6.07) is 10.6. The Morgan fingerprint density at radius 1 is 1.20 bits per heavy atom. The van der Waals surface area contributed by atoms with E-state index in [0.29, 0.717) is 23.3 Å². The van der Waals surface area contributed by atoms with Gasteiger partial charge in [-0.25, -0.2) is 0 Å². The third kappa shape index (κ3) is 3.36. The van der Waals surface area contributed by atoms with Gasteiger partial charge in [0.15, 0.2) is 0 Å². The lowest BCUT2D eigenvalue weighted by molar-refractivity contribution is -0.127. The Morgan fingerprint density at radius 3 is 2.88 bits per heavy atom. The van der Waals surface area contributed by atoms with Crippen LogP contribution in [0.3, 0.4) is 0 Å². The summed E-state index contributed by atoms with van der Waals surface area (Å²) in [7, 11) is 0. The van der Waals surface area contributed by atoms with Crippen LogP contribution < -0.4 is 4.90 Å². The molecule has 2 aromatic rings. The van der Waals surface area contributed by atoms with E-state index in [1.165, 1.54) is 11.3 Å². The van der Waals surface area contributed by atoms with Crippen molar-refractivity contribution in [2.24, 2.45) is 0 Å². The molecular weight excluding hydrogens is 334 g/mol. The Kier molecular flexibility index (Phi) is 4.62. The topological polar surface area (TPSA) is 36.4 Å². The van der Waals surface area contributed by atoms with Crippen LogP contribution in [-0.4, -0.2) is 35.4 Å². The first kappa shape index (κ1) is 16.4. The lowest BCUT2D eigenvalue weighted by Gasteiger charge is -2.21. The van der Waals surface area contributed by atoms with Crippen LogP contribution in [0, 0.1) is 0 Å². The number of para-hydroxylation sites is 1. The first-order valence-electron chi connectivity index (χ1n) is 8.92. The number of rotatable bonds is 5. The lowest BCUT2D eigenvalue weighted by Crippen LogP contribution is -2.28. The van der Waals surface area contributed by atoms with Crippen molar-refractivity contribution in [2.45, 2.75) is 31.7 Å². The van der Waals surface area contributed by atoms with Gasteiger partial charge >= 0.3 is 0 Å². The van der Waals surface area contributed by atoms with Gasteiger partial charge in [0.25, 0.3) is 0 Å². The minimum absolute atomic E-state index is 0.312. The smallest absolute Gasteiger partial charge is 0.222 e. The van der Waals surface area contributed by atoms with Crippen LogP contribution in [0.15, 0.2) is 42.7 Å². The summed E-state index contributed by atoms with van der Waals surface area (Å²) in [4.78, 5) is 20.3. The van der Waals surface area contributed by atoms with E-state index in [0.717, 1.165) is 44.6 Å². The highest BCUT2D eigenvalue weighted by Crippen LogP contribution is 2.39. The molecule has 0 aliphatic carbocycles. The lowest BCUT2D eigenvalue weighted by atomic mass is 9.98. The zero-order valence-corrected chi connectivity index (χ0v) is 15.0. The van der Waals surface area contributed by atoms with Crippen molar-refractivity contribution in [1.29, 1.82) is 0 Å². The van der Waals surface area contributed by atoms with Crippen molar-refractivity contribution in [3.05, 3.63) is 58.9 Å². The standard InChI is InChI=1S/C20H22ClN3O/c21-18-12-22-9-7-16(18)14-24-13-15(17-4-1-2-5-19(17)24)8-11-23-10-3-6-20(23)25/h1-2,4-5,7,9,12,15H,3,6,8,10-11,13-14H2/t15-/m1/s1. The molecule has 2 aliphatic rings. The van der Waals surface area contributed by atoms with Crippen molar-refractivity contribution in [3.8, 4) is 0 Å². The molecule has 5 heteroatoms. The number of anilines is 1. The van der Waals surface area contributed by atoms with E-state index in [-0.39, 0.29) is 0 Å². The maximum atomic E-state index is 11.9. The number of benzene rings is 1. The molecule has 0 N–H and O–H groups in total. The van der Waals surface area contributed by atoms with Gasteiger partial charge in [-0.1, -0.05) is 29.8 Å². The molecule has 1 aromatic carbocycles. The van der Waals surface area contributed by atoms with Gasteiger partial charge in [0.1, 0.15) is 0 Å². The maximum Gasteiger partial charge on any atom is 0.222 e. The third-order valence-electron chi connectivity index (χ3n) is 5.29. The maximum absolute atomic E-state index is 11.9. The van der Waals surface area contributed by atoms with Crippen LogP contribution in [0.4, 0.5) is 5.69 Å². The number of carbonyl (C=O) groups is 1. The molecule has 0 unspecified atom stereocenters. The number of carbonyl (C=O) groups excluding carboxylic acids is 1. The Morgan fingerprint density at radius 2 is 2.08 bits per heavy atom. The van der Waals surface area contributed by atoms with Gasteiger partial charge in [-0.05, 0) is 36.1 Å². The molecule has 1 amide bonds. The predicted molar refractivity (Wildman–Crippen MR) is 99.9 cm³/mol. The van der Waals surface area contributed by atoms with Gasteiger partial charge in [-0.3, -0.25) is 9.78 Å². The molecule has 4 rings (SSSR count). The van der Waals surface area contributed by atoms with E-state index in [4.69, 9.17) is 11.6 Å². The molecule has 1 atom stereocenters. The van der Waals surface area contributed by atoms with Crippen LogP contribution in [-0.2, 0) is 11.3 Å². The molecule has 0 spiro atoms. The number of aromatic nitrogens is 1. The molecule has 130 valence electrons. The zero-order valence-electron chi connectivity index (χ0n) is 14.2. The molecular formula is C20H22ClN3O. The summed E-state index contributed by atoms with van der Waals surface area (Å²) >= 11 is 6.30. The fraction of sp³-hybridized carbons (Fsp3) is 0.400. The molecule has 3 heterocycles. The van der Waals surface area contributed by atoms with Crippen molar-refractivity contribution < 1.29 is 4.79 Å². The summed E-state index contributed by atoms with van der Waals surface area (Å²) in [6.07, 6.45) is 6.24. The highest BCUT2D eigenvalue weighted by atomic mass is 35.5. The number of halogens is 1. The molecule has 0 radical (unpaired) electrons. The summed E-state index contributed by atoms with van der Waals surface area (Å²) in [5, 5.41) is 0.714. The van der Waals surface area contributed by atoms with Gasteiger partial charge in [0.05, 0.1) is 5.02 Å². The molecule has 0 saturated carbocycles. The van der Waals surface area contributed by atoms with Crippen LogP contribution in [0.1, 0.15) is 36.3 Å². The monoisotopic (exact) mass is 355 g/mol. The number of fused-ring (bicyclic) bond motifs is 1. The van der Waals surface area contributed by atoms with Gasteiger partial charge in [-0.15, -0.1) is 0 Å². The van der Waals surface area contributed by atoms with E-state index >= 15 is 0 Å². The second-order valence-electron chi connectivity index (χ2n) is 6.88. The molecule has 1 saturated heterocycles. The van der Waals surface area contributed by atoms with E-state index in [9.17, 15) is 4.79 Å². The number of nitrogens with zero attached hydrogens (tertiary/aromatic N) is 3. The predicted octanol–water partition coefficient (Wildman–Crippen LogP) is 3.85. The number of pyridine rings is 1. The van der Waals surface area contributed by atoms with Gasteiger partial charge in [-0.2, -0.15) is 0 Å². The molecule has 1 fully saturated rings. The number of amides is 1. The zero-order chi connectivity index (χ0) is 17.2.